The van der Waals surface area contributed by atoms with Crippen molar-refractivity contribution in [3.05, 3.63) is 52.8 Å². The Bertz CT molecular complexity index is 572. The van der Waals surface area contributed by atoms with Gasteiger partial charge in [0.15, 0.2) is 0 Å². The predicted octanol–water partition coefficient (Wildman–Crippen LogP) is 2.83. The molecule has 2 aromatic rings. The molecule has 2 rings (SSSR count). The molecule has 0 bridgehead atoms. The van der Waals surface area contributed by atoms with Gasteiger partial charge in [0.1, 0.15) is 5.75 Å². The highest BCUT2D eigenvalue weighted by Gasteiger charge is 2.17. The molecule has 0 spiro atoms. The van der Waals surface area contributed by atoms with E-state index < -0.39 is 0 Å². The van der Waals surface area contributed by atoms with E-state index in [9.17, 15) is 9.90 Å². The Balaban J connectivity index is 2.34. The third-order valence-electron chi connectivity index (χ3n) is 2.54. The summed E-state index contributed by atoms with van der Waals surface area (Å²) in [6, 6.07) is 8.21. The van der Waals surface area contributed by atoms with Crippen LogP contribution >= 0.6 is 15.9 Å². The number of carbonyl (C=O) groups excluding carboxylic acids is 1. The van der Waals surface area contributed by atoms with Crippen LogP contribution < -0.4 is 4.90 Å². The number of amides is 1. The Kier molecular flexibility index (Phi) is 3.62. The number of phenolic OH excluding ortho intramolecular Hbond substituents is 1. The number of aromatic nitrogens is 1. The molecule has 18 heavy (non-hydrogen) atoms. The molecule has 0 aliphatic rings. The molecular formula is C13H11BrN2O2. The number of nitrogens with zero attached hydrogens (tertiary/aromatic N) is 2. The molecule has 92 valence electrons. The summed E-state index contributed by atoms with van der Waals surface area (Å²) in [5, 5.41) is 9.72. The lowest BCUT2D eigenvalue weighted by molar-refractivity contribution is 0.0990. The molecule has 0 saturated heterocycles. The zero-order chi connectivity index (χ0) is 13.1. The number of halogens is 1. The zero-order valence-electron chi connectivity index (χ0n) is 9.67. The van der Waals surface area contributed by atoms with Crippen molar-refractivity contribution in [1.82, 2.24) is 4.98 Å². The van der Waals surface area contributed by atoms with Crippen LogP contribution in [0.2, 0.25) is 0 Å². The monoisotopic (exact) mass is 306 g/mol. The molecule has 0 fully saturated rings. The van der Waals surface area contributed by atoms with Crippen molar-refractivity contribution < 1.29 is 9.90 Å². The summed E-state index contributed by atoms with van der Waals surface area (Å²) >= 11 is 3.28. The molecular weight excluding hydrogens is 296 g/mol. The molecule has 0 atom stereocenters. The fraction of sp³-hybridized carbons (Fsp3) is 0.0769. The van der Waals surface area contributed by atoms with Crippen LogP contribution in [0.25, 0.3) is 0 Å². The average Bonchev–Trinajstić information content (AvgIpc) is 2.41. The number of hydrogen-bond donors (Lipinski definition) is 1. The highest BCUT2D eigenvalue weighted by atomic mass is 79.9. The minimum Gasteiger partial charge on any atom is -0.507 e. The zero-order valence-corrected chi connectivity index (χ0v) is 11.3. The van der Waals surface area contributed by atoms with Crippen molar-refractivity contribution in [2.24, 2.45) is 0 Å². The lowest BCUT2D eigenvalue weighted by atomic mass is 10.1. The van der Waals surface area contributed by atoms with Crippen molar-refractivity contribution in [1.29, 1.82) is 0 Å². The number of aromatic hydroxyl groups is 1. The summed E-state index contributed by atoms with van der Waals surface area (Å²) in [6.07, 6.45) is 3.22. The standard InChI is InChI=1S/C13H11BrN2O2/c1-16(10-4-6-15-7-5-10)13(18)11-8-9(14)2-3-12(11)17/h2-8,17H,1H3. The fourth-order valence-corrected chi connectivity index (χ4v) is 1.91. The van der Waals surface area contributed by atoms with Crippen LogP contribution in [-0.4, -0.2) is 23.0 Å². The van der Waals surface area contributed by atoms with E-state index in [-0.39, 0.29) is 17.2 Å². The third-order valence-corrected chi connectivity index (χ3v) is 3.04. The molecule has 0 unspecified atom stereocenters. The maximum atomic E-state index is 12.2. The first-order valence-corrected chi connectivity index (χ1v) is 6.05. The Hall–Kier alpha value is -1.88. The van der Waals surface area contributed by atoms with Crippen LogP contribution in [0.5, 0.6) is 5.75 Å². The number of hydrogen-bond acceptors (Lipinski definition) is 3. The van der Waals surface area contributed by atoms with E-state index in [0.717, 1.165) is 10.2 Å². The quantitative estimate of drug-likeness (QED) is 0.928. The maximum absolute atomic E-state index is 12.2. The molecule has 1 aromatic carbocycles. The minimum absolute atomic E-state index is 0.0379. The summed E-state index contributed by atoms with van der Waals surface area (Å²) in [7, 11) is 1.65. The van der Waals surface area contributed by atoms with E-state index in [1.54, 1.807) is 43.7 Å². The van der Waals surface area contributed by atoms with Gasteiger partial charge in [-0.3, -0.25) is 9.78 Å². The van der Waals surface area contributed by atoms with Gasteiger partial charge in [-0.25, -0.2) is 0 Å². The van der Waals surface area contributed by atoms with Gasteiger partial charge in [-0.05, 0) is 30.3 Å². The van der Waals surface area contributed by atoms with Gasteiger partial charge in [0, 0.05) is 29.6 Å². The Morgan fingerprint density at radius 1 is 1.28 bits per heavy atom. The SMILES string of the molecule is CN(C(=O)c1cc(Br)ccc1O)c1ccncc1. The first-order valence-electron chi connectivity index (χ1n) is 5.26. The van der Waals surface area contributed by atoms with Crippen molar-refractivity contribution in [2.45, 2.75) is 0 Å². The van der Waals surface area contributed by atoms with Crippen LogP contribution in [0.4, 0.5) is 5.69 Å². The topological polar surface area (TPSA) is 53.4 Å². The third kappa shape index (κ3) is 2.51. The van der Waals surface area contributed by atoms with E-state index in [1.165, 1.54) is 11.0 Å². The summed E-state index contributed by atoms with van der Waals surface area (Å²) < 4.78 is 0.742. The molecule has 1 aromatic heterocycles. The minimum atomic E-state index is -0.278. The normalized spacial score (nSPS) is 10.1. The maximum Gasteiger partial charge on any atom is 0.261 e. The van der Waals surface area contributed by atoms with E-state index in [0.29, 0.717) is 0 Å². The van der Waals surface area contributed by atoms with Gasteiger partial charge in [0.05, 0.1) is 5.56 Å². The second kappa shape index (κ2) is 5.18. The second-order valence-electron chi connectivity index (χ2n) is 3.73. The van der Waals surface area contributed by atoms with Gasteiger partial charge in [-0.1, -0.05) is 15.9 Å². The van der Waals surface area contributed by atoms with Crippen molar-refractivity contribution in [2.75, 3.05) is 11.9 Å². The predicted molar refractivity (Wildman–Crippen MR) is 72.8 cm³/mol. The summed E-state index contributed by atoms with van der Waals surface area (Å²) in [4.78, 5) is 17.6. The van der Waals surface area contributed by atoms with Crippen molar-refractivity contribution >= 4 is 27.5 Å². The van der Waals surface area contributed by atoms with E-state index >= 15 is 0 Å². The second-order valence-corrected chi connectivity index (χ2v) is 4.65. The van der Waals surface area contributed by atoms with Gasteiger partial charge >= 0.3 is 0 Å². The number of phenols is 1. The van der Waals surface area contributed by atoms with Crippen molar-refractivity contribution in [3.63, 3.8) is 0 Å². The highest BCUT2D eigenvalue weighted by molar-refractivity contribution is 9.10. The molecule has 4 nitrogen and oxygen atoms in total. The van der Waals surface area contributed by atoms with Crippen LogP contribution in [0.15, 0.2) is 47.2 Å². The Labute approximate surface area is 113 Å². The lowest BCUT2D eigenvalue weighted by Crippen LogP contribution is -2.26. The molecule has 0 aliphatic heterocycles. The molecule has 0 saturated carbocycles. The van der Waals surface area contributed by atoms with Gasteiger partial charge in [0.25, 0.3) is 5.91 Å². The Morgan fingerprint density at radius 3 is 2.61 bits per heavy atom. The van der Waals surface area contributed by atoms with E-state index in [2.05, 4.69) is 20.9 Å². The van der Waals surface area contributed by atoms with Gasteiger partial charge < -0.3 is 10.0 Å². The Morgan fingerprint density at radius 2 is 1.94 bits per heavy atom. The van der Waals surface area contributed by atoms with Crippen LogP contribution in [0, 0.1) is 0 Å². The average molecular weight is 307 g/mol. The summed E-state index contributed by atoms with van der Waals surface area (Å²) in [5.74, 6) is -0.316. The molecule has 1 heterocycles. The largest absolute Gasteiger partial charge is 0.507 e. The molecule has 5 heteroatoms. The molecule has 1 amide bonds. The summed E-state index contributed by atoms with van der Waals surface area (Å²) in [5.41, 5.74) is 0.970. The van der Waals surface area contributed by atoms with E-state index in [4.69, 9.17) is 0 Å². The number of pyridine rings is 1. The molecule has 1 N–H and O–H groups in total. The first-order chi connectivity index (χ1) is 8.59. The molecule has 0 radical (unpaired) electrons. The van der Waals surface area contributed by atoms with Gasteiger partial charge in [0.2, 0.25) is 0 Å². The van der Waals surface area contributed by atoms with Crippen LogP contribution in [0.1, 0.15) is 10.4 Å². The highest BCUT2D eigenvalue weighted by Crippen LogP contribution is 2.24. The fourth-order valence-electron chi connectivity index (χ4n) is 1.55. The number of benzene rings is 1. The smallest absolute Gasteiger partial charge is 0.261 e. The van der Waals surface area contributed by atoms with Crippen LogP contribution in [-0.2, 0) is 0 Å². The van der Waals surface area contributed by atoms with Crippen LogP contribution in [0.3, 0.4) is 0 Å². The first kappa shape index (κ1) is 12.6. The number of carbonyl (C=O) groups is 1. The number of rotatable bonds is 2. The lowest BCUT2D eigenvalue weighted by Gasteiger charge is -2.17. The molecule has 0 aliphatic carbocycles. The number of anilines is 1. The van der Waals surface area contributed by atoms with Gasteiger partial charge in [-0.2, -0.15) is 0 Å². The van der Waals surface area contributed by atoms with Gasteiger partial charge in [-0.15, -0.1) is 0 Å². The van der Waals surface area contributed by atoms with E-state index in [1.807, 2.05) is 0 Å². The van der Waals surface area contributed by atoms with Crippen molar-refractivity contribution in [3.8, 4) is 5.75 Å². The summed E-state index contributed by atoms with van der Waals surface area (Å²) in [6.45, 7) is 0.